The van der Waals surface area contributed by atoms with E-state index in [1.807, 2.05) is 0 Å². The summed E-state index contributed by atoms with van der Waals surface area (Å²) < 4.78 is 16.9. The van der Waals surface area contributed by atoms with Gasteiger partial charge in [-0.05, 0) is 83.5 Å². The van der Waals surface area contributed by atoms with E-state index in [2.05, 4.69) is 69.4 Å². The van der Waals surface area contributed by atoms with Gasteiger partial charge in [-0.15, -0.1) is 0 Å². The molecule has 0 rings (SSSR count). The van der Waals surface area contributed by atoms with Crippen LogP contribution in [0.2, 0.25) is 0 Å². The van der Waals surface area contributed by atoms with E-state index in [1.165, 1.54) is 257 Å². The van der Waals surface area contributed by atoms with Gasteiger partial charge in [0.15, 0.2) is 6.10 Å². The van der Waals surface area contributed by atoms with Crippen LogP contribution in [-0.2, 0) is 28.6 Å². The second-order valence-corrected chi connectivity index (χ2v) is 23.1. The molecule has 1 unspecified atom stereocenters. The molecule has 0 radical (unpaired) electrons. The van der Waals surface area contributed by atoms with Crippen LogP contribution in [0.3, 0.4) is 0 Å². The molecule has 1 atom stereocenters. The van der Waals surface area contributed by atoms with E-state index < -0.39 is 6.10 Å². The number of carbonyl (C=O) groups is 3. The van der Waals surface area contributed by atoms with Gasteiger partial charge < -0.3 is 14.2 Å². The van der Waals surface area contributed by atoms with Crippen molar-refractivity contribution in [2.45, 2.75) is 374 Å². The Morgan fingerprint density at radius 2 is 0.468 bits per heavy atom. The van der Waals surface area contributed by atoms with Gasteiger partial charge in [0.05, 0.1) is 0 Å². The quantitative estimate of drug-likeness (QED) is 0.0261. The Labute approximate surface area is 479 Å². The van der Waals surface area contributed by atoms with Crippen LogP contribution in [-0.4, -0.2) is 37.2 Å². The fraction of sp³-hybridized carbons (Fsp3) is 0.845. The van der Waals surface area contributed by atoms with Crippen molar-refractivity contribution >= 4 is 17.9 Å². The molecule has 0 heterocycles. The molecule has 6 nitrogen and oxygen atoms in total. The van der Waals surface area contributed by atoms with Crippen molar-refractivity contribution in [2.75, 3.05) is 13.2 Å². The number of esters is 3. The molecule has 0 saturated carbocycles. The molecule has 0 aromatic rings. The van der Waals surface area contributed by atoms with Crippen molar-refractivity contribution in [1.29, 1.82) is 0 Å². The summed E-state index contributed by atoms with van der Waals surface area (Å²) in [6, 6.07) is 0. The molecule has 0 aliphatic rings. The largest absolute Gasteiger partial charge is 0.462 e. The van der Waals surface area contributed by atoms with E-state index in [0.29, 0.717) is 19.3 Å². The van der Waals surface area contributed by atoms with Gasteiger partial charge in [-0.2, -0.15) is 0 Å². The SMILES string of the molecule is CCCCCCC/C=C\C/C=C\CCCCCCCCCCCCCCCCCC(=O)OCC(COC(=O)CCCCCCCCCCC)OC(=O)CCCCCCCCCCCCC/C=C\C/C=C\CCCCCCC. The van der Waals surface area contributed by atoms with Gasteiger partial charge in [-0.25, -0.2) is 0 Å². The van der Waals surface area contributed by atoms with Crippen molar-refractivity contribution in [3.63, 3.8) is 0 Å². The summed E-state index contributed by atoms with van der Waals surface area (Å²) in [5.74, 6) is -0.852. The number of carbonyl (C=O) groups excluding carboxylic acids is 3. The summed E-state index contributed by atoms with van der Waals surface area (Å²) in [6.45, 7) is 6.65. The molecular weight excluding hydrogens is 949 g/mol. The number of hydrogen-bond acceptors (Lipinski definition) is 6. The van der Waals surface area contributed by atoms with Crippen LogP contribution >= 0.6 is 0 Å². The fourth-order valence-corrected chi connectivity index (χ4v) is 10.2. The van der Waals surface area contributed by atoms with Crippen molar-refractivity contribution in [2.24, 2.45) is 0 Å². The highest BCUT2D eigenvalue weighted by atomic mass is 16.6. The lowest BCUT2D eigenvalue weighted by Gasteiger charge is -2.18. The van der Waals surface area contributed by atoms with E-state index in [1.54, 1.807) is 0 Å². The highest BCUT2D eigenvalue weighted by molar-refractivity contribution is 5.71. The fourth-order valence-electron chi connectivity index (χ4n) is 10.2. The maximum Gasteiger partial charge on any atom is 0.306 e. The van der Waals surface area contributed by atoms with Gasteiger partial charge in [-0.1, -0.05) is 313 Å². The lowest BCUT2D eigenvalue weighted by Crippen LogP contribution is -2.30. The first-order valence-electron chi connectivity index (χ1n) is 34.1. The molecule has 0 aliphatic heterocycles. The standard InChI is InChI=1S/C71H130O6/c1-4-7-10-13-16-19-21-23-25-27-29-31-33-34-35-36-38-39-41-43-45-47-49-52-55-58-61-64-70(73)76-67-68(66-75-69(72)63-60-57-54-51-18-15-12-9-6-3)77-71(74)65-62-59-56-53-50-48-46-44-42-40-37-32-30-28-26-24-22-20-17-14-11-8-5-2/h21-24,27-30,68H,4-20,25-26,31-67H2,1-3H3/b23-21-,24-22-,29-27-,30-28-. The Bertz CT molecular complexity index is 1330. The molecule has 0 aromatic carbocycles. The number of ether oxygens (including phenoxy) is 3. The van der Waals surface area contributed by atoms with Crippen LogP contribution in [0.4, 0.5) is 0 Å². The Morgan fingerprint density at radius 1 is 0.260 bits per heavy atom. The summed E-state index contributed by atoms with van der Waals surface area (Å²) in [4.78, 5) is 38.2. The first-order chi connectivity index (χ1) is 38.0. The number of unbranched alkanes of at least 4 members (excludes halogenated alkanes) is 44. The topological polar surface area (TPSA) is 78.9 Å². The lowest BCUT2D eigenvalue weighted by molar-refractivity contribution is -0.167. The molecular formula is C71H130O6. The van der Waals surface area contributed by atoms with Gasteiger partial charge >= 0.3 is 17.9 Å². The smallest absolute Gasteiger partial charge is 0.306 e. The van der Waals surface area contributed by atoms with Crippen LogP contribution in [0.25, 0.3) is 0 Å². The maximum absolute atomic E-state index is 12.9. The molecule has 77 heavy (non-hydrogen) atoms. The van der Waals surface area contributed by atoms with Gasteiger partial charge in [0, 0.05) is 19.3 Å². The Morgan fingerprint density at radius 3 is 0.714 bits per heavy atom. The molecule has 6 heteroatoms. The zero-order valence-corrected chi connectivity index (χ0v) is 51.7. The Hall–Kier alpha value is -2.63. The number of rotatable bonds is 63. The maximum atomic E-state index is 12.9. The minimum absolute atomic E-state index is 0.0696. The summed E-state index contributed by atoms with van der Waals surface area (Å²) in [5.41, 5.74) is 0. The predicted octanol–water partition coefficient (Wildman–Crippen LogP) is 23.3. The molecule has 0 aliphatic carbocycles. The molecule has 0 bridgehead atoms. The Balaban J connectivity index is 4.14. The van der Waals surface area contributed by atoms with E-state index in [-0.39, 0.29) is 31.1 Å². The van der Waals surface area contributed by atoms with E-state index in [0.717, 1.165) is 70.6 Å². The Kier molecular flexibility index (Phi) is 63.6. The first kappa shape index (κ1) is 74.4. The zero-order chi connectivity index (χ0) is 55.7. The van der Waals surface area contributed by atoms with Gasteiger partial charge in [0.25, 0.3) is 0 Å². The summed E-state index contributed by atoms with van der Waals surface area (Å²) in [5, 5.41) is 0. The molecule has 0 aromatic heterocycles. The van der Waals surface area contributed by atoms with Crippen molar-refractivity contribution in [3.05, 3.63) is 48.6 Å². The van der Waals surface area contributed by atoms with Crippen LogP contribution in [0.5, 0.6) is 0 Å². The molecule has 0 fully saturated rings. The van der Waals surface area contributed by atoms with Crippen LogP contribution in [0.1, 0.15) is 367 Å². The zero-order valence-electron chi connectivity index (χ0n) is 51.7. The normalized spacial score (nSPS) is 12.3. The van der Waals surface area contributed by atoms with Crippen LogP contribution in [0.15, 0.2) is 48.6 Å². The molecule has 450 valence electrons. The molecule has 0 amide bonds. The van der Waals surface area contributed by atoms with E-state index in [9.17, 15) is 14.4 Å². The third-order valence-electron chi connectivity index (χ3n) is 15.3. The lowest BCUT2D eigenvalue weighted by atomic mass is 10.0. The minimum atomic E-state index is -0.771. The van der Waals surface area contributed by atoms with E-state index >= 15 is 0 Å². The van der Waals surface area contributed by atoms with E-state index in [4.69, 9.17) is 14.2 Å². The van der Waals surface area contributed by atoms with Gasteiger partial charge in [-0.3, -0.25) is 14.4 Å². The second-order valence-electron chi connectivity index (χ2n) is 23.1. The monoisotopic (exact) mass is 1080 g/mol. The average Bonchev–Trinajstić information content (AvgIpc) is 3.43. The highest BCUT2D eigenvalue weighted by Gasteiger charge is 2.19. The van der Waals surface area contributed by atoms with Crippen LogP contribution in [0, 0.1) is 0 Å². The molecule has 0 N–H and O–H groups in total. The van der Waals surface area contributed by atoms with Gasteiger partial charge in [0.2, 0.25) is 0 Å². The van der Waals surface area contributed by atoms with Crippen LogP contribution < -0.4 is 0 Å². The summed E-state index contributed by atoms with van der Waals surface area (Å²) >= 11 is 0. The van der Waals surface area contributed by atoms with Gasteiger partial charge in [0.1, 0.15) is 13.2 Å². The summed E-state index contributed by atoms with van der Waals surface area (Å²) in [7, 11) is 0. The predicted molar refractivity (Wildman–Crippen MR) is 335 cm³/mol. The van der Waals surface area contributed by atoms with Crippen molar-refractivity contribution < 1.29 is 28.6 Å². The second kappa shape index (κ2) is 65.9. The number of allylic oxidation sites excluding steroid dienone is 8. The van der Waals surface area contributed by atoms with Crippen molar-refractivity contribution in [1.82, 2.24) is 0 Å². The third kappa shape index (κ3) is 64.1. The van der Waals surface area contributed by atoms with Crippen molar-refractivity contribution in [3.8, 4) is 0 Å². The summed E-state index contributed by atoms with van der Waals surface area (Å²) in [6.07, 6.45) is 82.9. The average molecular weight is 1080 g/mol. The molecule has 0 spiro atoms. The minimum Gasteiger partial charge on any atom is -0.462 e. The highest BCUT2D eigenvalue weighted by Crippen LogP contribution is 2.18. The third-order valence-corrected chi connectivity index (χ3v) is 15.3. The molecule has 0 saturated heterocycles. The number of hydrogen-bond donors (Lipinski definition) is 0. The first-order valence-corrected chi connectivity index (χ1v) is 34.1.